The summed E-state index contributed by atoms with van der Waals surface area (Å²) >= 11 is 0. The second-order valence-corrected chi connectivity index (χ2v) is 3.62. The zero-order valence-corrected chi connectivity index (χ0v) is 10.1. The molecule has 3 N–H and O–H groups in total. The van der Waals surface area contributed by atoms with Crippen LogP contribution in [-0.2, 0) is 25.8 Å². The highest BCUT2D eigenvalue weighted by Gasteiger charge is 2.09. The van der Waals surface area contributed by atoms with E-state index in [2.05, 4.69) is 4.84 Å². The van der Waals surface area contributed by atoms with Crippen molar-refractivity contribution in [1.82, 2.24) is 5.48 Å². The van der Waals surface area contributed by atoms with Crippen molar-refractivity contribution >= 4 is 18.0 Å². The van der Waals surface area contributed by atoms with Gasteiger partial charge < -0.3 is 15.3 Å². The summed E-state index contributed by atoms with van der Waals surface area (Å²) in [7, 11) is 0. The molecule has 1 aromatic rings. The number of nitrogens with one attached hydrogen (secondary N) is 1. The Morgan fingerprint density at radius 3 is 2.42 bits per heavy atom. The zero-order chi connectivity index (χ0) is 14.1. The fourth-order valence-corrected chi connectivity index (χ4v) is 1.13. The molecule has 0 bridgehead atoms. The molecule has 0 saturated heterocycles. The van der Waals surface area contributed by atoms with Crippen LogP contribution in [0, 0.1) is 0 Å². The Labute approximate surface area is 109 Å². The number of primary amides is 1. The van der Waals surface area contributed by atoms with E-state index in [1.165, 1.54) is 0 Å². The van der Waals surface area contributed by atoms with Crippen LogP contribution in [0.5, 0.6) is 0 Å². The maximum atomic E-state index is 11.1. The van der Waals surface area contributed by atoms with Crippen molar-refractivity contribution in [3.8, 4) is 0 Å². The maximum absolute atomic E-state index is 11.1. The monoisotopic (exact) mass is 266 g/mol. The van der Waals surface area contributed by atoms with Gasteiger partial charge in [0, 0.05) is 12.8 Å². The molecule has 0 fully saturated rings. The molecule has 7 heteroatoms. The number of benzene rings is 1. The van der Waals surface area contributed by atoms with Crippen LogP contribution in [-0.4, -0.2) is 18.0 Å². The lowest BCUT2D eigenvalue weighted by Crippen LogP contribution is -2.28. The fraction of sp³-hybridized carbons (Fsp3) is 0.250. The molecule has 2 amide bonds. The number of nitrogens with two attached hydrogens (primary N) is 1. The van der Waals surface area contributed by atoms with Gasteiger partial charge in [0.25, 0.3) is 5.91 Å². The fourth-order valence-electron chi connectivity index (χ4n) is 1.13. The van der Waals surface area contributed by atoms with Crippen molar-refractivity contribution < 1.29 is 24.0 Å². The lowest BCUT2D eigenvalue weighted by molar-refractivity contribution is -0.133. The van der Waals surface area contributed by atoms with Crippen LogP contribution in [0.1, 0.15) is 18.4 Å². The Morgan fingerprint density at radius 2 is 1.79 bits per heavy atom. The minimum Gasteiger partial charge on any atom is -0.428 e. The first-order chi connectivity index (χ1) is 9.08. The molecule has 1 aromatic carbocycles. The third-order valence-corrected chi connectivity index (χ3v) is 2.05. The van der Waals surface area contributed by atoms with Crippen molar-refractivity contribution in [1.29, 1.82) is 0 Å². The number of hydrogen-bond donors (Lipinski definition) is 2. The molecular weight excluding hydrogens is 252 g/mol. The second kappa shape index (κ2) is 7.70. The van der Waals surface area contributed by atoms with Gasteiger partial charge in [0.1, 0.15) is 6.61 Å². The van der Waals surface area contributed by atoms with Gasteiger partial charge in [-0.3, -0.25) is 9.59 Å². The molecule has 1 rings (SSSR count). The van der Waals surface area contributed by atoms with Crippen molar-refractivity contribution in [2.75, 3.05) is 0 Å². The molecule has 0 radical (unpaired) electrons. The van der Waals surface area contributed by atoms with E-state index in [0.717, 1.165) is 5.56 Å². The van der Waals surface area contributed by atoms with Crippen LogP contribution >= 0.6 is 0 Å². The van der Waals surface area contributed by atoms with Gasteiger partial charge in [0.15, 0.2) is 0 Å². The predicted octanol–water partition coefficient (Wildman–Crippen LogP) is 0.636. The van der Waals surface area contributed by atoms with Crippen LogP contribution in [0.3, 0.4) is 0 Å². The van der Waals surface area contributed by atoms with Crippen molar-refractivity contribution in [2.45, 2.75) is 19.4 Å². The van der Waals surface area contributed by atoms with Crippen LogP contribution < -0.4 is 11.2 Å². The molecule has 102 valence electrons. The number of hydrogen-bond acceptors (Lipinski definition) is 5. The summed E-state index contributed by atoms with van der Waals surface area (Å²) in [6, 6.07) is 8.99. The first-order valence-corrected chi connectivity index (χ1v) is 5.52. The number of rotatable bonds is 5. The first-order valence-electron chi connectivity index (χ1n) is 5.52. The minimum absolute atomic E-state index is 0.0385. The lowest BCUT2D eigenvalue weighted by atomic mass is 10.2. The average molecular weight is 266 g/mol. The van der Waals surface area contributed by atoms with E-state index >= 15 is 0 Å². The SMILES string of the molecule is NC(=O)CCC(=O)NOC(=O)OCc1ccccc1. The largest absolute Gasteiger partial charge is 0.533 e. The van der Waals surface area contributed by atoms with Crippen molar-refractivity contribution in [2.24, 2.45) is 5.73 Å². The number of carbonyl (C=O) groups is 3. The topological polar surface area (TPSA) is 108 Å². The van der Waals surface area contributed by atoms with Gasteiger partial charge in [0.05, 0.1) is 0 Å². The van der Waals surface area contributed by atoms with E-state index in [4.69, 9.17) is 10.5 Å². The summed E-state index contributed by atoms with van der Waals surface area (Å²) in [5, 5.41) is 0. The summed E-state index contributed by atoms with van der Waals surface area (Å²) < 4.78 is 4.74. The summed E-state index contributed by atoms with van der Waals surface area (Å²) in [5.41, 5.74) is 7.50. The molecule has 0 aromatic heterocycles. The summed E-state index contributed by atoms with van der Waals surface area (Å²) in [5.74, 6) is -1.24. The Hall–Kier alpha value is -2.57. The van der Waals surface area contributed by atoms with Crippen molar-refractivity contribution in [3.05, 3.63) is 35.9 Å². The first kappa shape index (κ1) is 14.5. The van der Waals surface area contributed by atoms with Crippen LogP contribution in [0.2, 0.25) is 0 Å². The normalized spacial score (nSPS) is 9.47. The Balaban J connectivity index is 2.17. The summed E-state index contributed by atoms with van der Waals surface area (Å²) in [4.78, 5) is 36.9. The van der Waals surface area contributed by atoms with Gasteiger partial charge in [-0.05, 0) is 5.56 Å². The molecule has 0 spiro atoms. The third kappa shape index (κ3) is 6.67. The molecule has 0 heterocycles. The van der Waals surface area contributed by atoms with Crippen LogP contribution in [0.15, 0.2) is 30.3 Å². The number of hydroxylamine groups is 1. The molecule has 7 nitrogen and oxygen atoms in total. The van der Waals surface area contributed by atoms with E-state index in [1.807, 2.05) is 11.5 Å². The van der Waals surface area contributed by atoms with E-state index < -0.39 is 18.0 Å². The van der Waals surface area contributed by atoms with E-state index in [9.17, 15) is 14.4 Å². The molecule has 0 saturated carbocycles. The molecular formula is C12H14N2O5. The molecule has 0 aliphatic heterocycles. The Bertz CT molecular complexity index is 447. The standard InChI is InChI=1S/C12H14N2O5/c13-10(15)6-7-11(16)14-19-12(17)18-8-9-4-2-1-3-5-9/h1-5H,6-8H2,(H2,13,15)(H,14,16). The Kier molecular flexibility index (Phi) is 5.87. The number of amides is 2. The number of carbonyl (C=O) groups excluding carboxylic acids is 3. The maximum Gasteiger partial charge on any atom is 0.533 e. The molecule has 0 unspecified atom stereocenters. The third-order valence-electron chi connectivity index (χ3n) is 2.05. The van der Waals surface area contributed by atoms with Gasteiger partial charge in [-0.15, -0.1) is 0 Å². The van der Waals surface area contributed by atoms with Crippen LogP contribution in [0.4, 0.5) is 4.79 Å². The summed E-state index contributed by atoms with van der Waals surface area (Å²) in [6.07, 6.45) is -1.30. The zero-order valence-electron chi connectivity index (χ0n) is 10.1. The summed E-state index contributed by atoms with van der Waals surface area (Å²) in [6.45, 7) is 0.0385. The number of ether oxygens (including phenoxy) is 1. The highest BCUT2D eigenvalue weighted by atomic mass is 16.8. The molecule has 0 aliphatic carbocycles. The predicted molar refractivity (Wildman–Crippen MR) is 64.3 cm³/mol. The molecule has 0 aliphatic rings. The van der Waals surface area contributed by atoms with Crippen LogP contribution in [0.25, 0.3) is 0 Å². The van der Waals surface area contributed by atoms with Gasteiger partial charge in [-0.2, -0.15) is 5.48 Å². The Morgan fingerprint density at radius 1 is 1.11 bits per heavy atom. The second-order valence-electron chi connectivity index (χ2n) is 3.62. The molecule has 0 atom stereocenters. The minimum atomic E-state index is -1.03. The highest BCUT2D eigenvalue weighted by Crippen LogP contribution is 2.01. The van der Waals surface area contributed by atoms with Gasteiger partial charge in [-0.1, -0.05) is 30.3 Å². The highest BCUT2D eigenvalue weighted by molar-refractivity contribution is 5.82. The van der Waals surface area contributed by atoms with E-state index in [-0.39, 0.29) is 19.4 Å². The van der Waals surface area contributed by atoms with Gasteiger partial charge in [-0.25, -0.2) is 4.79 Å². The lowest BCUT2D eigenvalue weighted by Gasteiger charge is -2.06. The van der Waals surface area contributed by atoms with E-state index in [0.29, 0.717) is 0 Å². The van der Waals surface area contributed by atoms with Crippen molar-refractivity contribution in [3.63, 3.8) is 0 Å². The smallest absolute Gasteiger partial charge is 0.428 e. The van der Waals surface area contributed by atoms with E-state index in [1.54, 1.807) is 24.3 Å². The van der Waals surface area contributed by atoms with Gasteiger partial charge >= 0.3 is 6.16 Å². The molecule has 19 heavy (non-hydrogen) atoms. The quantitative estimate of drug-likeness (QED) is 0.600. The average Bonchev–Trinajstić information content (AvgIpc) is 2.41. The van der Waals surface area contributed by atoms with Gasteiger partial charge in [0.2, 0.25) is 5.91 Å².